The summed E-state index contributed by atoms with van der Waals surface area (Å²) < 4.78 is 10.1. The number of nitrogens with one attached hydrogen (secondary N) is 2. The van der Waals surface area contributed by atoms with E-state index in [2.05, 4.69) is 25.8 Å². The Labute approximate surface area is 169 Å². The van der Waals surface area contributed by atoms with Crippen molar-refractivity contribution >= 4 is 38.9 Å². The molecule has 0 aromatic carbocycles. The van der Waals surface area contributed by atoms with Gasteiger partial charge in [0.2, 0.25) is 16.0 Å². The Kier molecular flexibility index (Phi) is 7.87. The number of nitrogens with two attached hydrogens (primary N) is 1. The molecular formula is C17H19N7O4S. The predicted molar refractivity (Wildman–Crippen MR) is 109 cm³/mol. The Morgan fingerprint density at radius 1 is 1.52 bits per heavy atom. The van der Waals surface area contributed by atoms with Crippen molar-refractivity contribution in [2.75, 3.05) is 24.3 Å². The zero-order valence-electron chi connectivity index (χ0n) is 15.8. The Morgan fingerprint density at radius 2 is 2.31 bits per heavy atom. The van der Waals surface area contributed by atoms with Gasteiger partial charge in [0.1, 0.15) is 0 Å². The summed E-state index contributed by atoms with van der Waals surface area (Å²) in [7, 11) is 1.32. The highest BCUT2D eigenvalue weighted by Gasteiger charge is 2.18. The fourth-order valence-electron chi connectivity index (χ4n) is 2.11. The maximum Gasteiger partial charge on any atom is 0.381 e. The number of nitriles is 1. The summed E-state index contributed by atoms with van der Waals surface area (Å²) in [6, 6.07) is 3.37. The molecule has 2 aromatic rings. The van der Waals surface area contributed by atoms with E-state index in [0.29, 0.717) is 35.9 Å². The molecule has 2 heterocycles. The minimum absolute atomic E-state index is 0.0607. The number of allylic oxidation sites excluding steroid dienone is 1. The molecule has 0 bridgehead atoms. The summed E-state index contributed by atoms with van der Waals surface area (Å²) in [5.74, 6) is -0.981. The quantitative estimate of drug-likeness (QED) is 0.408. The lowest BCUT2D eigenvalue weighted by Crippen LogP contribution is -2.17. The third kappa shape index (κ3) is 6.15. The molecule has 0 saturated heterocycles. The second-order valence-corrected chi connectivity index (χ2v) is 6.45. The van der Waals surface area contributed by atoms with Gasteiger partial charge in [-0.2, -0.15) is 5.26 Å². The van der Waals surface area contributed by atoms with Crippen LogP contribution in [0.3, 0.4) is 0 Å². The SMILES string of the molecule is COc1c(NCCCC#N)cc(C(=O)Nc2nnc(/N=C(C)/C=C\N)s2)oc1=O. The number of nitrogens with zero attached hydrogens (tertiary/aromatic N) is 4. The number of unbranched alkanes of at least 4 members (excludes halogenated alkanes) is 1. The van der Waals surface area contributed by atoms with E-state index in [1.807, 2.05) is 6.07 Å². The van der Waals surface area contributed by atoms with Gasteiger partial charge in [0.25, 0.3) is 5.91 Å². The van der Waals surface area contributed by atoms with Crippen molar-refractivity contribution < 1.29 is 13.9 Å². The van der Waals surface area contributed by atoms with Crippen molar-refractivity contribution in [3.8, 4) is 11.8 Å². The van der Waals surface area contributed by atoms with Crippen LogP contribution < -0.4 is 26.7 Å². The first-order valence-electron chi connectivity index (χ1n) is 8.39. The summed E-state index contributed by atoms with van der Waals surface area (Å²) >= 11 is 1.04. The number of amides is 1. The lowest BCUT2D eigenvalue weighted by molar-refractivity contribution is 0.0991. The lowest BCUT2D eigenvalue weighted by atomic mass is 10.3. The van der Waals surface area contributed by atoms with E-state index in [1.165, 1.54) is 19.4 Å². The molecule has 11 nitrogen and oxygen atoms in total. The van der Waals surface area contributed by atoms with Gasteiger partial charge in [0.05, 0.1) is 18.9 Å². The first-order chi connectivity index (χ1) is 14.0. The van der Waals surface area contributed by atoms with Crippen molar-refractivity contribution in [2.45, 2.75) is 19.8 Å². The number of anilines is 2. The summed E-state index contributed by atoms with van der Waals surface area (Å²) in [6.07, 6.45) is 3.86. The Balaban J connectivity index is 2.17. The fraction of sp³-hybridized carbons (Fsp3) is 0.294. The van der Waals surface area contributed by atoms with Gasteiger partial charge in [-0.3, -0.25) is 10.1 Å². The molecule has 1 amide bonds. The molecule has 0 spiro atoms. The molecule has 2 aromatic heterocycles. The molecule has 0 aliphatic carbocycles. The van der Waals surface area contributed by atoms with Crippen molar-refractivity contribution in [3.63, 3.8) is 0 Å². The van der Waals surface area contributed by atoms with E-state index < -0.39 is 11.5 Å². The Hall–Kier alpha value is -3.72. The maximum absolute atomic E-state index is 12.4. The minimum atomic E-state index is -0.810. The van der Waals surface area contributed by atoms with Crippen molar-refractivity contribution in [1.29, 1.82) is 5.26 Å². The standard InChI is InChI=1S/C17H19N7O4S/c1-10(5-7-19)21-16-23-24-17(29-16)22-14(25)12-9-11(20-8-4-3-6-18)13(27-2)15(26)28-12/h5,7,9,20H,3-4,8,19H2,1-2H3,(H,22,24,25)/b7-5-,21-10+. The van der Waals surface area contributed by atoms with Crippen LogP contribution in [0.1, 0.15) is 30.3 Å². The minimum Gasteiger partial charge on any atom is -0.488 e. The first kappa shape index (κ1) is 21.6. The summed E-state index contributed by atoms with van der Waals surface area (Å²) in [4.78, 5) is 28.7. The molecule has 0 unspecified atom stereocenters. The highest BCUT2D eigenvalue weighted by Crippen LogP contribution is 2.25. The number of carbonyl (C=O) groups excluding carboxylic acids is 1. The topological polar surface area (TPSA) is 169 Å². The van der Waals surface area contributed by atoms with E-state index in [-0.39, 0.29) is 16.6 Å². The average Bonchev–Trinajstić information content (AvgIpc) is 3.11. The highest BCUT2D eigenvalue weighted by atomic mass is 32.1. The van der Waals surface area contributed by atoms with E-state index in [0.717, 1.165) is 11.3 Å². The molecule has 0 aliphatic rings. The number of carbonyl (C=O) groups is 1. The molecule has 0 atom stereocenters. The number of rotatable bonds is 9. The Bertz CT molecular complexity index is 1020. The van der Waals surface area contributed by atoms with Crippen molar-refractivity contribution in [2.24, 2.45) is 10.7 Å². The van der Waals surface area contributed by atoms with Crippen molar-refractivity contribution in [1.82, 2.24) is 10.2 Å². The zero-order valence-corrected chi connectivity index (χ0v) is 16.6. The van der Waals surface area contributed by atoms with E-state index >= 15 is 0 Å². The predicted octanol–water partition coefficient (Wildman–Crippen LogP) is 2.03. The van der Waals surface area contributed by atoms with Crippen LogP contribution in [0.4, 0.5) is 16.0 Å². The first-order valence-corrected chi connectivity index (χ1v) is 9.21. The molecule has 0 saturated carbocycles. The third-order valence-corrected chi connectivity index (χ3v) is 4.09. The van der Waals surface area contributed by atoms with Crippen molar-refractivity contribution in [3.05, 3.63) is 34.5 Å². The van der Waals surface area contributed by atoms with Gasteiger partial charge in [-0.15, -0.1) is 10.2 Å². The number of methoxy groups -OCH3 is 1. The van der Waals surface area contributed by atoms with Gasteiger partial charge in [-0.05, 0) is 25.6 Å². The number of hydrogen-bond donors (Lipinski definition) is 3. The van der Waals surface area contributed by atoms with Gasteiger partial charge in [0, 0.05) is 24.7 Å². The van der Waals surface area contributed by atoms with E-state index in [1.54, 1.807) is 13.0 Å². The number of hydrogen-bond acceptors (Lipinski definition) is 11. The number of aromatic nitrogens is 2. The van der Waals surface area contributed by atoms with Crippen LogP contribution in [0.5, 0.6) is 5.75 Å². The molecule has 29 heavy (non-hydrogen) atoms. The van der Waals surface area contributed by atoms with Crippen LogP contribution in [0, 0.1) is 11.3 Å². The highest BCUT2D eigenvalue weighted by molar-refractivity contribution is 7.18. The van der Waals surface area contributed by atoms with Gasteiger partial charge in [0.15, 0.2) is 5.76 Å². The van der Waals surface area contributed by atoms with Crippen LogP contribution in [0.15, 0.2) is 32.5 Å². The molecule has 0 fully saturated rings. The van der Waals surface area contributed by atoms with Crippen LogP contribution in [0.2, 0.25) is 0 Å². The monoisotopic (exact) mass is 417 g/mol. The van der Waals surface area contributed by atoms with Gasteiger partial charge in [-0.25, -0.2) is 9.79 Å². The van der Waals surface area contributed by atoms with Gasteiger partial charge < -0.3 is 20.2 Å². The molecule has 0 radical (unpaired) electrons. The molecule has 2 rings (SSSR count). The van der Waals surface area contributed by atoms with Crippen LogP contribution in [0.25, 0.3) is 0 Å². The molecule has 4 N–H and O–H groups in total. The lowest BCUT2D eigenvalue weighted by Gasteiger charge is -2.10. The summed E-state index contributed by atoms with van der Waals surface area (Å²) in [6.45, 7) is 2.16. The number of ether oxygens (including phenoxy) is 1. The summed E-state index contributed by atoms with van der Waals surface area (Å²) in [5, 5.41) is 22.2. The maximum atomic E-state index is 12.4. The van der Waals surface area contributed by atoms with Gasteiger partial charge >= 0.3 is 5.63 Å². The third-order valence-electron chi connectivity index (χ3n) is 3.36. The van der Waals surface area contributed by atoms with E-state index in [4.69, 9.17) is 20.1 Å². The molecule has 0 aliphatic heterocycles. The molecular weight excluding hydrogens is 398 g/mol. The fourth-order valence-corrected chi connectivity index (χ4v) is 2.78. The largest absolute Gasteiger partial charge is 0.488 e. The molecule has 152 valence electrons. The van der Waals surface area contributed by atoms with Crippen LogP contribution >= 0.6 is 11.3 Å². The Morgan fingerprint density at radius 3 is 3.00 bits per heavy atom. The number of aliphatic imine (C=N–C) groups is 1. The average molecular weight is 417 g/mol. The second kappa shape index (κ2) is 10.6. The van der Waals surface area contributed by atoms with Crippen LogP contribution in [-0.4, -0.2) is 35.5 Å². The molecule has 12 heteroatoms. The summed E-state index contributed by atoms with van der Waals surface area (Å²) in [5.41, 5.74) is 5.39. The second-order valence-electron chi connectivity index (χ2n) is 5.49. The smallest absolute Gasteiger partial charge is 0.381 e. The normalized spacial score (nSPS) is 11.3. The zero-order chi connectivity index (χ0) is 21.2. The van der Waals surface area contributed by atoms with Gasteiger partial charge in [-0.1, -0.05) is 11.3 Å². The van der Waals surface area contributed by atoms with E-state index in [9.17, 15) is 9.59 Å². The van der Waals surface area contributed by atoms with Crippen LogP contribution in [-0.2, 0) is 0 Å².